The molecule has 4 N–H and O–H groups in total. The lowest BCUT2D eigenvalue weighted by Gasteiger charge is -2.09. The molecule has 1 heterocycles. The highest BCUT2D eigenvalue weighted by Crippen LogP contribution is 2.34. The molecule has 0 atom stereocenters. The van der Waals surface area contributed by atoms with Crippen LogP contribution in [0.3, 0.4) is 0 Å². The molecule has 9 heteroatoms. The van der Waals surface area contributed by atoms with Gasteiger partial charge in [-0.2, -0.15) is 0 Å². The van der Waals surface area contributed by atoms with Crippen LogP contribution in [0, 0.1) is 0 Å². The van der Waals surface area contributed by atoms with E-state index in [2.05, 4.69) is 4.98 Å². The molecule has 0 aliphatic heterocycles. The van der Waals surface area contributed by atoms with Crippen LogP contribution in [-0.4, -0.2) is 13.4 Å². The van der Waals surface area contributed by atoms with E-state index in [1.165, 1.54) is 0 Å². The van der Waals surface area contributed by atoms with Crippen LogP contribution in [0.1, 0.15) is 12.0 Å². The summed E-state index contributed by atoms with van der Waals surface area (Å²) in [6.45, 7) is 0. The Labute approximate surface area is 89.1 Å². The lowest BCUT2D eigenvalue weighted by molar-refractivity contribution is 0.147. The van der Waals surface area contributed by atoms with Crippen LogP contribution in [-0.2, 0) is 10.0 Å². The maximum Gasteiger partial charge on any atom is 0.268 e. The van der Waals surface area contributed by atoms with Crippen molar-refractivity contribution in [1.29, 1.82) is 0 Å². The molecule has 5 nitrogen and oxygen atoms in total. The van der Waals surface area contributed by atoms with Crippen molar-refractivity contribution in [3.63, 3.8) is 0 Å². The number of aromatic nitrogens is 1. The third-order valence-corrected chi connectivity index (χ3v) is 2.82. The van der Waals surface area contributed by atoms with Gasteiger partial charge in [-0.05, 0) is 0 Å². The number of halogens is 3. The molecule has 0 saturated carbocycles. The van der Waals surface area contributed by atoms with E-state index >= 15 is 0 Å². The standard InChI is InChI=1S/C6H6ClF2N3O2S/c7-4-2(10)1-12-6(15(11,13)14)3(4)5(8)9/h1,5H,10H2,(H2,11,13,14). The minimum Gasteiger partial charge on any atom is -0.396 e. The number of nitrogens with zero attached hydrogens (tertiary/aromatic N) is 1. The van der Waals surface area contributed by atoms with Crippen LogP contribution in [0.2, 0.25) is 5.02 Å². The van der Waals surface area contributed by atoms with Crippen molar-refractivity contribution in [3.8, 4) is 0 Å². The van der Waals surface area contributed by atoms with Crippen molar-refractivity contribution in [2.24, 2.45) is 5.14 Å². The van der Waals surface area contributed by atoms with Crippen molar-refractivity contribution in [2.75, 3.05) is 5.73 Å². The van der Waals surface area contributed by atoms with E-state index in [-0.39, 0.29) is 5.69 Å². The van der Waals surface area contributed by atoms with Gasteiger partial charge in [-0.3, -0.25) is 0 Å². The zero-order valence-electron chi connectivity index (χ0n) is 7.12. The average molecular weight is 258 g/mol. The smallest absolute Gasteiger partial charge is 0.268 e. The first-order valence-electron chi connectivity index (χ1n) is 3.50. The van der Waals surface area contributed by atoms with E-state index < -0.39 is 32.1 Å². The fourth-order valence-corrected chi connectivity index (χ4v) is 1.89. The number of anilines is 1. The Morgan fingerprint density at radius 3 is 2.40 bits per heavy atom. The van der Waals surface area contributed by atoms with Crippen LogP contribution in [0.25, 0.3) is 0 Å². The zero-order valence-corrected chi connectivity index (χ0v) is 8.69. The molecule has 0 aliphatic rings. The highest BCUT2D eigenvalue weighted by atomic mass is 35.5. The van der Waals surface area contributed by atoms with Gasteiger partial charge in [-0.1, -0.05) is 11.6 Å². The first-order valence-corrected chi connectivity index (χ1v) is 5.42. The molecule has 0 unspecified atom stereocenters. The molecule has 0 saturated heterocycles. The minimum absolute atomic E-state index is 0.237. The summed E-state index contributed by atoms with van der Waals surface area (Å²) < 4.78 is 46.8. The number of hydrogen-bond donors (Lipinski definition) is 2. The third kappa shape index (κ3) is 2.33. The first kappa shape index (κ1) is 12.1. The van der Waals surface area contributed by atoms with Gasteiger partial charge in [0.05, 0.1) is 22.5 Å². The van der Waals surface area contributed by atoms with Gasteiger partial charge in [-0.25, -0.2) is 27.3 Å². The number of rotatable bonds is 2. The quantitative estimate of drug-likeness (QED) is 0.822. The van der Waals surface area contributed by atoms with Crippen molar-refractivity contribution in [1.82, 2.24) is 4.98 Å². The fourth-order valence-electron chi connectivity index (χ4n) is 0.920. The van der Waals surface area contributed by atoms with Crippen molar-refractivity contribution in [3.05, 3.63) is 16.8 Å². The summed E-state index contributed by atoms with van der Waals surface area (Å²) >= 11 is 5.43. The normalized spacial score (nSPS) is 12.1. The SMILES string of the molecule is Nc1cnc(S(N)(=O)=O)c(C(F)F)c1Cl. The number of primary sulfonamides is 1. The van der Waals surface area contributed by atoms with Gasteiger partial charge in [0.15, 0.2) is 5.03 Å². The van der Waals surface area contributed by atoms with Gasteiger partial charge in [0.1, 0.15) is 0 Å². The van der Waals surface area contributed by atoms with E-state index in [1.807, 2.05) is 0 Å². The lowest BCUT2D eigenvalue weighted by Crippen LogP contribution is -2.17. The van der Waals surface area contributed by atoms with E-state index in [0.717, 1.165) is 6.20 Å². The summed E-state index contributed by atoms with van der Waals surface area (Å²) in [5.74, 6) is 0. The highest BCUT2D eigenvalue weighted by molar-refractivity contribution is 7.89. The van der Waals surface area contributed by atoms with Crippen LogP contribution >= 0.6 is 11.6 Å². The average Bonchev–Trinajstić information content (AvgIpc) is 2.06. The van der Waals surface area contributed by atoms with Crippen LogP contribution in [0.4, 0.5) is 14.5 Å². The lowest BCUT2D eigenvalue weighted by atomic mass is 10.3. The molecule has 1 aromatic heterocycles. The van der Waals surface area contributed by atoms with E-state index in [9.17, 15) is 17.2 Å². The third-order valence-electron chi connectivity index (χ3n) is 1.53. The molecular weight excluding hydrogens is 252 g/mol. The zero-order chi connectivity index (χ0) is 11.8. The van der Waals surface area contributed by atoms with E-state index in [4.69, 9.17) is 22.5 Å². The van der Waals surface area contributed by atoms with Gasteiger partial charge in [-0.15, -0.1) is 0 Å². The number of sulfonamides is 1. The molecular formula is C6H6ClF2N3O2S. The minimum atomic E-state index is -4.35. The second kappa shape index (κ2) is 3.87. The summed E-state index contributed by atoms with van der Waals surface area (Å²) in [4.78, 5) is 3.23. The Hall–Kier alpha value is -0.990. The Kier molecular flexibility index (Phi) is 3.12. The van der Waals surface area contributed by atoms with Gasteiger partial charge in [0, 0.05) is 0 Å². The molecule has 0 radical (unpaired) electrons. The van der Waals surface area contributed by atoms with Gasteiger partial charge >= 0.3 is 0 Å². The Balaban J connectivity index is 3.62. The maximum atomic E-state index is 12.5. The summed E-state index contributed by atoms with van der Waals surface area (Å²) in [5, 5.41) is 3.18. The predicted molar refractivity (Wildman–Crippen MR) is 50.0 cm³/mol. The van der Waals surface area contributed by atoms with Crippen LogP contribution in [0.5, 0.6) is 0 Å². The van der Waals surface area contributed by atoms with Crippen LogP contribution in [0.15, 0.2) is 11.2 Å². The molecule has 0 amide bonds. The topological polar surface area (TPSA) is 99.1 Å². The molecule has 1 rings (SSSR count). The maximum absolute atomic E-state index is 12.5. The summed E-state index contributed by atoms with van der Waals surface area (Å²) in [6.07, 6.45) is -2.27. The molecule has 0 aromatic carbocycles. The molecule has 0 bridgehead atoms. The van der Waals surface area contributed by atoms with Crippen molar-refractivity contribution < 1.29 is 17.2 Å². The van der Waals surface area contributed by atoms with Gasteiger partial charge in [0.25, 0.3) is 16.4 Å². The Morgan fingerprint density at radius 1 is 1.47 bits per heavy atom. The highest BCUT2D eigenvalue weighted by Gasteiger charge is 2.26. The molecule has 0 fully saturated rings. The Morgan fingerprint density at radius 2 is 2.00 bits per heavy atom. The van der Waals surface area contributed by atoms with Gasteiger partial charge in [0.2, 0.25) is 0 Å². The second-order valence-electron chi connectivity index (χ2n) is 2.59. The molecule has 0 spiro atoms. The van der Waals surface area contributed by atoms with Crippen molar-refractivity contribution in [2.45, 2.75) is 11.5 Å². The molecule has 15 heavy (non-hydrogen) atoms. The number of alkyl halides is 2. The second-order valence-corrected chi connectivity index (χ2v) is 4.45. The Bertz CT molecular complexity index is 491. The monoisotopic (exact) mass is 257 g/mol. The molecule has 0 aliphatic carbocycles. The van der Waals surface area contributed by atoms with E-state index in [1.54, 1.807) is 0 Å². The summed E-state index contributed by atoms with van der Waals surface area (Å²) in [5.41, 5.74) is 4.00. The summed E-state index contributed by atoms with van der Waals surface area (Å²) in [7, 11) is -4.35. The number of nitrogens with two attached hydrogens (primary N) is 2. The molecule has 1 aromatic rings. The summed E-state index contributed by atoms with van der Waals surface area (Å²) in [6, 6.07) is 0. The first-order chi connectivity index (χ1) is 6.75. The fraction of sp³-hybridized carbons (Fsp3) is 0.167. The largest absolute Gasteiger partial charge is 0.396 e. The molecule has 84 valence electrons. The number of nitrogen functional groups attached to an aromatic ring is 1. The van der Waals surface area contributed by atoms with E-state index in [0.29, 0.717) is 0 Å². The van der Waals surface area contributed by atoms with Crippen LogP contribution < -0.4 is 10.9 Å². The van der Waals surface area contributed by atoms with Crippen molar-refractivity contribution >= 4 is 27.3 Å². The number of hydrogen-bond acceptors (Lipinski definition) is 4. The number of pyridine rings is 1. The van der Waals surface area contributed by atoms with Gasteiger partial charge < -0.3 is 5.73 Å². The predicted octanol–water partition coefficient (Wildman–Crippen LogP) is 0.902.